The fraction of sp³-hybridized carbons (Fsp3) is 0.391. The molecule has 2 aromatic carbocycles. The summed E-state index contributed by atoms with van der Waals surface area (Å²) in [6, 6.07) is 14.1. The fourth-order valence-corrected chi connectivity index (χ4v) is 3.73. The number of rotatable bonds is 7. The summed E-state index contributed by atoms with van der Waals surface area (Å²) in [5.41, 5.74) is 1.26. The molecule has 9 heteroatoms. The molecule has 3 aromatic rings. The Morgan fingerprint density at radius 1 is 1.09 bits per heavy atom. The summed E-state index contributed by atoms with van der Waals surface area (Å²) in [6.07, 6.45) is 0. The summed E-state index contributed by atoms with van der Waals surface area (Å²) in [6.45, 7) is 7.36. The molecule has 0 spiro atoms. The number of nitrogens with zero attached hydrogens (tertiary/aromatic N) is 6. The largest absolute Gasteiger partial charge is 0.486 e. The highest BCUT2D eigenvalue weighted by molar-refractivity contribution is 5.94. The van der Waals surface area contributed by atoms with Gasteiger partial charge in [0.15, 0.2) is 5.82 Å². The second-order valence-electron chi connectivity index (χ2n) is 8.11. The van der Waals surface area contributed by atoms with E-state index in [9.17, 15) is 9.18 Å². The Hall–Kier alpha value is -3.33. The monoisotopic (exact) mass is 438 g/mol. The van der Waals surface area contributed by atoms with Crippen LogP contribution in [0.1, 0.15) is 41.6 Å². The van der Waals surface area contributed by atoms with Crippen molar-refractivity contribution in [3.05, 3.63) is 71.3 Å². The van der Waals surface area contributed by atoms with Gasteiger partial charge in [-0.2, -0.15) is 0 Å². The molecule has 168 valence electrons. The topological polar surface area (TPSA) is 76.4 Å². The van der Waals surface area contributed by atoms with Gasteiger partial charge in [-0.25, -0.2) is 9.07 Å². The number of aromatic nitrogens is 4. The number of tetrazole rings is 1. The number of halogens is 1. The molecule has 8 nitrogen and oxygen atoms in total. The molecule has 0 aliphatic carbocycles. The molecule has 0 atom stereocenters. The van der Waals surface area contributed by atoms with Gasteiger partial charge in [0.25, 0.3) is 5.91 Å². The van der Waals surface area contributed by atoms with Crippen LogP contribution < -0.4 is 4.74 Å². The van der Waals surface area contributed by atoms with Gasteiger partial charge in [-0.1, -0.05) is 24.3 Å². The second-order valence-corrected chi connectivity index (χ2v) is 8.11. The van der Waals surface area contributed by atoms with Gasteiger partial charge in [0.2, 0.25) is 0 Å². The lowest BCUT2D eigenvalue weighted by Crippen LogP contribution is -2.48. The maximum atomic E-state index is 13.9. The van der Waals surface area contributed by atoms with Gasteiger partial charge in [-0.3, -0.25) is 9.69 Å². The van der Waals surface area contributed by atoms with Crippen LogP contribution in [0.25, 0.3) is 0 Å². The van der Waals surface area contributed by atoms with Crippen molar-refractivity contribution in [1.82, 2.24) is 30.0 Å². The zero-order valence-electron chi connectivity index (χ0n) is 18.3. The van der Waals surface area contributed by atoms with Crippen molar-refractivity contribution < 1.29 is 13.9 Å². The van der Waals surface area contributed by atoms with E-state index in [0.29, 0.717) is 55.4 Å². The minimum absolute atomic E-state index is 0.0343. The quantitative estimate of drug-likeness (QED) is 0.565. The molecule has 1 amide bonds. The van der Waals surface area contributed by atoms with Crippen molar-refractivity contribution in [2.75, 3.05) is 26.2 Å². The van der Waals surface area contributed by atoms with E-state index in [4.69, 9.17) is 4.74 Å². The van der Waals surface area contributed by atoms with E-state index >= 15 is 0 Å². The third-order valence-electron chi connectivity index (χ3n) is 5.51. The maximum Gasteiger partial charge on any atom is 0.254 e. The predicted molar refractivity (Wildman–Crippen MR) is 117 cm³/mol. The standard InChI is InChI=1S/C23H27FN6O2/c1-17(2)30-22(25-26-27-30)16-32-20-8-5-7-18(14-20)23(31)29-12-10-28(11-13-29)15-19-6-3-4-9-21(19)24/h3-9,14,17H,10-13,15-16H2,1-2H3. The zero-order valence-corrected chi connectivity index (χ0v) is 18.3. The van der Waals surface area contributed by atoms with Crippen molar-refractivity contribution in [2.24, 2.45) is 0 Å². The van der Waals surface area contributed by atoms with Gasteiger partial charge in [0.05, 0.1) is 6.04 Å². The average Bonchev–Trinajstić information content (AvgIpc) is 3.29. The molecule has 1 aliphatic heterocycles. The van der Waals surface area contributed by atoms with Crippen LogP contribution in [-0.2, 0) is 13.2 Å². The third kappa shape index (κ3) is 5.11. The molecular weight excluding hydrogens is 411 g/mol. The smallest absolute Gasteiger partial charge is 0.254 e. The SMILES string of the molecule is CC(C)n1nnnc1COc1cccc(C(=O)N2CCN(Cc3ccccc3F)CC2)c1. The number of carbonyl (C=O) groups is 1. The van der Waals surface area contributed by atoms with E-state index in [2.05, 4.69) is 20.4 Å². The predicted octanol–water partition coefficient (Wildman–Crippen LogP) is 2.93. The van der Waals surface area contributed by atoms with Crippen LogP contribution in [-0.4, -0.2) is 62.1 Å². The summed E-state index contributed by atoms with van der Waals surface area (Å²) in [7, 11) is 0. The molecule has 1 aromatic heterocycles. The molecule has 1 fully saturated rings. The van der Waals surface area contributed by atoms with Gasteiger partial charge in [-0.15, -0.1) is 5.10 Å². The summed E-state index contributed by atoms with van der Waals surface area (Å²) >= 11 is 0. The van der Waals surface area contributed by atoms with Crippen LogP contribution in [0.3, 0.4) is 0 Å². The highest BCUT2D eigenvalue weighted by atomic mass is 19.1. The van der Waals surface area contributed by atoms with Crippen LogP contribution in [0.2, 0.25) is 0 Å². The van der Waals surface area contributed by atoms with Crippen LogP contribution >= 0.6 is 0 Å². The molecule has 1 aliphatic rings. The highest BCUT2D eigenvalue weighted by Crippen LogP contribution is 2.18. The van der Waals surface area contributed by atoms with E-state index in [1.165, 1.54) is 6.07 Å². The lowest BCUT2D eigenvalue weighted by molar-refractivity contribution is 0.0626. The summed E-state index contributed by atoms with van der Waals surface area (Å²) in [5, 5.41) is 11.7. The maximum absolute atomic E-state index is 13.9. The number of hydrogen-bond donors (Lipinski definition) is 0. The molecule has 1 saturated heterocycles. The Balaban J connectivity index is 1.33. The zero-order chi connectivity index (χ0) is 22.5. The van der Waals surface area contributed by atoms with Crippen LogP contribution in [0.4, 0.5) is 4.39 Å². The Bertz CT molecular complexity index is 1060. The lowest BCUT2D eigenvalue weighted by Gasteiger charge is -2.34. The van der Waals surface area contributed by atoms with E-state index < -0.39 is 0 Å². The molecule has 2 heterocycles. The third-order valence-corrected chi connectivity index (χ3v) is 5.51. The first-order valence-electron chi connectivity index (χ1n) is 10.8. The normalized spacial score (nSPS) is 14.7. The Morgan fingerprint density at radius 3 is 2.62 bits per heavy atom. The summed E-state index contributed by atoms with van der Waals surface area (Å²) in [5.74, 6) is 0.994. The van der Waals surface area contributed by atoms with Crippen molar-refractivity contribution >= 4 is 5.91 Å². The molecule has 0 unspecified atom stereocenters. The van der Waals surface area contributed by atoms with E-state index in [1.807, 2.05) is 36.9 Å². The minimum atomic E-state index is -0.190. The van der Waals surface area contributed by atoms with E-state index in [-0.39, 0.29) is 24.4 Å². The van der Waals surface area contributed by atoms with Crippen molar-refractivity contribution in [3.8, 4) is 5.75 Å². The van der Waals surface area contributed by atoms with E-state index in [1.54, 1.807) is 28.9 Å². The van der Waals surface area contributed by atoms with Gasteiger partial charge in [0.1, 0.15) is 18.2 Å². The molecule has 4 rings (SSSR count). The first kappa shape index (κ1) is 21.9. The molecule has 0 radical (unpaired) electrons. The Morgan fingerprint density at radius 2 is 1.88 bits per heavy atom. The minimum Gasteiger partial charge on any atom is -0.486 e. The summed E-state index contributed by atoms with van der Waals surface area (Å²) in [4.78, 5) is 17.0. The molecule has 32 heavy (non-hydrogen) atoms. The van der Waals surface area contributed by atoms with Gasteiger partial charge in [-0.05, 0) is 48.5 Å². The van der Waals surface area contributed by atoms with Crippen molar-refractivity contribution in [2.45, 2.75) is 33.0 Å². The molecule has 0 N–H and O–H groups in total. The second kappa shape index (κ2) is 9.86. The number of ether oxygens (including phenoxy) is 1. The number of piperazine rings is 1. The number of hydrogen-bond acceptors (Lipinski definition) is 6. The van der Waals surface area contributed by atoms with Crippen molar-refractivity contribution in [1.29, 1.82) is 0 Å². The molecule has 0 saturated carbocycles. The Labute approximate surface area is 186 Å². The van der Waals surface area contributed by atoms with Gasteiger partial charge in [0, 0.05) is 43.9 Å². The number of carbonyl (C=O) groups excluding carboxylic acids is 1. The number of amides is 1. The van der Waals surface area contributed by atoms with Crippen molar-refractivity contribution in [3.63, 3.8) is 0 Å². The summed E-state index contributed by atoms with van der Waals surface area (Å²) < 4.78 is 21.4. The Kier molecular flexibility index (Phi) is 6.75. The first-order chi connectivity index (χ1) is 15.5. The van der Waals surface area contributed by atoms with Gasteiger partial charge < -0.3 is 9.64 Å². The molecule has 0 bridgehead atoms. The molecular formula is C23H27FN6O2. The fourth-order valence-electron chi connectivity index (χ4n) is 3.73. The highest BCUT2D eigenvalue weighted by Gasteiger charge is 2.23. The lowest BCUT2D eigenvalue weighted by atomic mass is 10.1. The van der Waals surface area contributed by atoms with Gasteiger partial charge >= 0.3 is 0 Å². The number of benzene rings is 2. The van der Waals surface area contributed by atoms with E-state index in [0.717, 1.165) is 0 Å². The van der Waals surface area contributed by atoms with Crippen LogP contribution in [0.15, 0.2) is 48.5 Å². The van der Waals surface area contributed by atoms with Crippen LogP contribution in [0, 0.1) is 5.82 Å². The average molecular weight is 439 g/mol. The van der Waals surface area contributed by atoms with Crippen LogP contribution in [0.5, 0.6) is 5.75 Å². The first-order valence-corrected chi connectivity index (χ1v) is 10.8.